The molecule has 2 heterocycles. The highest BCUT2D eigenvalue weighted by Gasteiger charge is 2.07. The Labute approximate surface area is 133 Å². The molecular formula is C16H18N4OS. The molecule has 0 atom stereocenters. The molecule has 6 heteroatoms. The molecule has 2 N–H and O–H groups in total. The molecule has 1 aromatic carbocycles. The summed E-state index contributed by atoms with van der Waals surface area (Å²) in [6.07, 6.45) is 0. The van der Waals surface area contributed by atoms with Gasteiger partial charge in [-0.3, -0.25) is 0 Å². The van der Waals surface area contributed by atoms with Crippen molar-refractivity contribution in [3.63, 3.8) is 0 Å². The number of anilines is 1. The average molecular weight is 314 g/mol. The number of aliphatic hydroxyl groups is 1. The van der Waals surface area contributed by atoms with Gasteiger partial charge in [0.15, 0.2) is 0 Å². The van der Waals surface area contributed by atoms with Crippen LogP contribution >= 0.6 is 11.3 Å². The van der Waals surface area contributed by atoms with E-state index in [-0.39, 0.29) is 6.61 Å². The van der Waals surface area contributed by atoms with Crippen LogP contribution in [0.4, 0.5) is 5.82 Å². The molecule has 0 saturated heterocycles. The van der Waals surface area contributed by atoms with Gasteiger partial charge in [0.2, 0.25) is 0 Å². The first kappa shape index (κ1) is 14.7. The largest absolute Gasteiger partial charge is 0.390 e. The minimum atomic E-state index is -0.0162. The van der Waals surface area contributed by atoms with Gasteiger partial charge in [0.05, 0.1) is 24.5 Å². The predicted molar refractivity (Wildman–Crippen MR) is 88.4 cm³/mol. The summed E-state index contributed by atoms with van der Waals surface area (Å²) in [7, 11) is 0. The highest BCUT2D eigenvalue weighted by Crippen LogP contribution is 2.17. The Bertz CT molecular complexity index is 761. The topological polar surface area (TPSA) is 63.0 Å². The lowest BCUT2D eigenvalue weighted by atomic mass is 10.2. The number of aryl methyl sites for hydroxylation is 2. The standard InChI is InChI=1S/C16H18N4OS/c1-11-3-5-14(6-4-11)20-12(2)7-15(19-20)17-8-16-18-13(9-21)10-22-16/h3-7,10,21H,8-9H2,1-2H3,(H,17,19). The quantitative estimate of drug-likeness (QED) is 0.760. The molecule has 0 spiro atoms. The highest BCUT2D eigenvalue weighted by atomic mass is 32.1. The molecule has 114 valence electrons. The molecule has 3 aromatic rings. The molecule has 0 aliphatic rings. The van der Waals surface area contributed by atoms with Gasteiger partial charge in [-0.15, -0.1) is 11.3 Å². The number of aliphatic hydroxyl groups excluding tert-OH is 1. The minimum Gasteiger partial charge on any atom is -0.390 e. The van der Waals surface area contributed by atoms with E-state index in [1.165, 1.54) is 16.9 Å². The predicted octanol–water partition coefficient (Wildman–Crippen LogP) is 3.05. The van der Waals surface area contributed by atoms with E-state index in [1.54, 1.807) is 0 Å². The summed E-state index contributed by atoms with van der Waals surface area (Å²) in [5.74, 6) is 0.818. The van der Waals surface area contributed by atoms with Crippen LogP contribution in [-0.4, -0.2) is 19.9 Å². The van der Waals surface area contributed by atoms with Gasteiger partial charge in [0.25, 0.3) is 0 Å². The van der Waals surface area contributed by atoms with Gasteiger partial charge in [0.1, 0.15) is 10.8 Å². The lowest BCUT2D eigenvalue weighted by molar-refractivity contribution is 0.277. The molecule has 0 aliphatic heterocycles. The molecule has 0 bridgehead atoms. The Kier molecular flexibility index (Phi) is 4.22. The number of thiazole rings is 1. The van der Waals surface area contributed by atoms with Gasteiger partial charge in [-0.05, 0) is 26.0 Å². The number of aromatic nitrogens is 3. The molecule has 0 radical (unpaired) electrons. The average Bonchev–Trinajstić information content (AvgIpc) is 3.12. The summed E-state index contributed by atoms with van der Waals surface area (Å²) >= 11 is 1.53. The summed E-state index contributed by atoms with van der Waals surface area (Å²) in [4.78, 5) is 4.31. The van der Waals surface area contributed by atoms with Crippen LogP contribution in [0.5, 0.6) is 0 Å². The Hall–Kier alpha value is -2.18. The molecule has 5 nitrogen and oxygen atoms in total. The number of nitrogens with one attached hydrogen (secondary N) is 1. The first-order chi connectivity index (χ1) is 10.7. The molecule has 0 unspecified atom stereocenters. The lowest BCUT2D eigenvalue weighted by Crippen LogP contribution is -2.02. The Morgan fingerprint density at radius 2 is 2.00 bits per heavy atom. The third-order valence-electron chi connectivity index (χ3n) is 3.35. The zero-order valence-corrected chi connectivity index (χ0v) is 13.4. The van der Waals surface area contributed by atoms with Crippen LogP contribution in [0.3, 0.4) is 0 Å². The maximum atomic E-state index is 9.03. The van der Waals surface area contributed by atoms with E-state index in [0.29, 0.717) is 12.2 Å². The Morgan fingerprint density at radius 1 is 1.23 bits per heavy atom. The van der Waals surface area contributed by atoms with Crippen molar-refractivity contribution in [3.05, 3.63) is 57.7 Å². The molecule has 0 aliphatic carbocycles. The maximum absolute atomic E-state index is 9.03. The number of hydrogen-bond acceptors (Lipinski definition) is 5. The SMILES string of the molecule is Cc1ccc(-n2nc(NCc3nc(CO)cs3)cc2C)cc1. The van der Waals surface area contributed by atoms with Crippen LogP contribution < -0.4 is 5.32 Å². The van der Waals surface area contributed by atoms with Crippen LogP contribution in [0.1, 0.15) is 22.0 Å². The summed E-state index contributed by atoms with van der Waals surface area (Å²) in [6.45, 7) is 4.69. The normalized spacial score (nSPS) is 10.9. The first-order valence-corrected chi connectivity index (χ1v) is 7.95. The van der Waals surface area contributed by atoms with Crippen LogP contribution in [0.25, 0.3) is 5.69 Å². The first-order valence-electron chi connectivity index (χ1n) is 7.07. The fourth-order valence-corrected chi connectivity index (χ4v) is 2.90. The molecule has 3 rings (SSSR count). The maximum Gasteiger partial charge on any atom is 0.149 e. The molecule has 2 aromatic heterocycles. The van der Waals surface area contributed by atoms with Gasteiger partial charge < -0.3 is 10.4 Å². The van der Waals surface area contributed by atoms with Gasteiger partial charge in [-0.25, -0.2) is 9.67 Å². The monoisotopic (exact) mass is 314 g/mol. The van der Waals surface area contributed by atoms with E-state index in [0.717, 1.165) is 22.2 Å². The second-order valence-corrected chi connectivity index (χ2v) is 6.11. The Morgan fingerprint density at radius 3 is 2.68 bits per heavy atom. The van der Waals surface area contributed by atoms with E-state index in [9.17, 15) is 0 Å². The number of rotatable bonds is 5. The van der Waals surface area contributed by atoms with Crippen molar-refractivity contribution in [2.45, 2.75) is 27.0 Å². The zero-order chi connectivity index (χ0) is 15.5. The van der Waals surface area contributed by atoms with Crippen molar-refractivity contribution in [1.29, 1.82) is 0 Å². The van der Waals surface area contributed by atoms with Crippen molar-refractivity contribution in [2.75, 3.05) is 5.32 Å². The summed E-state index contributed by atoms with van der Waals surface area (Å²) < 4.78 is 1.92. The van der Waals surface area contributed by atoms with E-state index in [1.807, 2.05) is 23.1 Å². The van der Waals surface area contributed by atoms with E-state index in [2.05, 4.69) is 46.6 Å². The van der Waals surface area contributed by atoms with Crippen molar-refractivity contribution in [3.8, 4) is 5.69 Å². The number of nitrogens with zero attached hydrogens (tertiary/aromatic N) is 3. The zero-order valence-electron chi connectivity index (χ0n) is 12.6. The van der Waals surface area contributed by atoms with Gasteiger partial charge >= 0.3 is 0 Å². The third kappa shape index (κ3) is 3.18. The highest BCUT2D eigenvalue weighted by molar-refractivity contribution is 7.09. The lowest BCUT2D eigenvalue weighted by Gasteiger charge is -2.04. The fraction of sp³-hybridized carbons (Fsp3) is 0.250. The smallest absolute Gasteiger partial charge is 0.149 e. The van der Waals surface area contributed by atoms with E-state index < -0.39 is 0 Å². The summed E-state index contributed by atoms with van der Waals surface area (Å²) in [5.41, 5.74) is 4.06. The van der Waals surface area contributed by atoms with E-state index >= 15 is 0 Å². The molecular weight excluding hydrogens is 296 g/mol. The minimum absolute atomic E-state index is 0.0162. The molecule has 0 fully saturated rings. The van der Waals surface area contributed by atoms with Crippen LogP contribution in [0.15, 0.2) is 35.7 Å². The van der Waals surface area contributed by atoms with Gasteiger partial charge in [-0.1, -0.05) is 17.7 Å². The van der Waals surface area contributed by atoms with Crippen molar-refractivity contribution < 1.29 is 5.11 Å². The van der Waals surface area contributed by atoms with Crippen LogP contribution in [0.2, 0.25) is 0 Å². The van der Waals surface area contributed by atoms with Gasteiger partial charge in [0, 0.05) is 17.1 Å². The number of benzene rings is 1. The van der Waals surface area contributed by atoms with Gasteiger partial charge in [-0.2, -0.15) is 5.10 Å². The number of hydrogen-bond donors (Lipinski definition) is 2. The van der Waals surface area contributed by atoms with Crippen molar-refractivity contribution >= 4 is 17.2 Å². The van der Waals surface area contributed by atoms with E-state index in [4.69, 9.17) is 5.11 Å². The fourth-order valence-electron chi connectivity index (χ4n) is 2.18. The second-order valence-electron chi connectivity index (χ2n) is 5.16. The summed E-state index contributed by atoms with van der Waals surface area (Å²) in [6, 6.07) is 10.3. The van der Waals surface area contributed by atoms with Crippen LogP contribution in [-0.2, 0) is 13.2 Å². The van der Waals surface area contributed by atoms with Crippen molar-refractivity contribution in [2.24, 2.45) is 0 Å². The second kappa shape index (κ2) is 6.29. The third-order valence-corrected chi connectivity index (χ3v) is 4.25. The van der Waals surface area contributed by atoms with Crippen LogP contribution in [0, 0.1) is 13.8 Å². The van der Waals surface area contributed by atoms with Crippen molar-refractivity contribution in [1.82, 2.24) is 14.8 Å². The Balaban J connectivity index is 1.73. The molecule has 22 heavy (non-hydrogen) atoms. The molecule has 0 amide bonds. The molecule has 0 saturated carbocycles. The summed E-state index contributed by atoms with van der Waals surface area (Å²) in [5, 5.41) is 19.7.